The lowest BCUT2D eigenvalue weighted by Gasteiger charge is -1.99. The molecule has 2 N–H and O–H groups in total. The molecule has 0 aliphatic heterocycles. The first kappa shape index (κ1) is 12.6. The number of amides is 1. The van der Waals surface area contributed by atoms with Gasteiger partial charge in [-0.3, -0.25) is 4.79 Å². The number of carbonyl (C=O) groups is 1. The number of phenols is 1. The molecule has 0 aliphatic rings. The van der Waals surface area contributed by atoms with Crippen molar-refractivity contribution >= 4 is 12.1 Å². The highest BCUT2D eigenvalue weighted by molar-refractivity contribution is 5.94. The van der Waals surface area contributed by atoms with Crippen LogP contribution in [0.5, 0.6) is 5.75 Å². The van der Waals surface area contributed by atoms with Crippen LogP contribution in [-0.2, 0) is 0 Å². The first-order chi connectivity index (χ1) is 9.15. The average molecular weight is 257 g/mol. The summed E-state index contributed by atoms with van der Waals surface area (Å²) in [4.78, 5) is 11.6. The SMILES string of the molecule is O=C(NN=Cc1ccc(O)cc1)c1ccc[n+]([O-])c1. The molecule has 0 spiro atoms. The largest absolute Gasteiger partial charge is 0.619 e. The fraction of sp³-hybridized carbons (Fsp3) is 0. The first-order valence-corrected chi connectivity index (χ1v) is 5.46. The number of nitrogens with one attached hydrogen (secondary N) is 1. The Hall–Kier alpha value is -2.89. The molecule has 0 atom stereocenters. The third-order valence-corrected chi connectivity index (χ3v) is 2.31. The summed E-state index contributed by atoms with van der Waals surface area (Å²) in [5.74, 6) is -0.314. The highest BCUT2D eigenvalue weighted by atomic mass is 16.5. The molecule has 2 rings (SSSR count). The lowest BCUT2D eigenvalue weighted by atomic mass is 10.2. The summed E-state index contributed by atoms with van der Waals surface area (Å²) in [5, 5.41) is 23.9. The zero-order valence-corrected chi connectivity index (χ0v) is 9.85. The number of carbonyl (C=O) groups excluding carboxylic acids is 1. The molecule has 19 heavy (non-hydrogen) atoms. The molecule has 0 fully saturated rings. The maximum atomic E-state index is 11.6. The van der Waals surface area contributed by atoms with E-state index >= 15 is 0 Å². The van der Waals surface area contributed by atoms with Crippen molar-refractivity contribution in [3.8, 4) is 5.75 Å². The number of pyridine rings is 1. The van der Waals surface area contributed by atoms with E-state index in [0.29, 0.717) is 4.73 Å². The van der Waals surface area contributed by atoms with Crippen LogP contribution in [0.2, 0.25) is 0 Å². The summed E-state index contributed by atoms with van der Waals surface area (Å²) < 4.78 is 0.540. The van der Waals surface area contributed by atoms with Crippen LogP contribution in [0.4, 0.5) is 0 Å². The Kier molecular flexibility index (Phi) is 3.72. The van der Waals surface area contributed by atoms with Crippen molar-refractivity contribution < 1.29 is 14.6 Å². The smallest absolute Gasteiger partial charge is 0.277 e. The van der Waals surface area contributed by atoms with Gasteiger partial charge in [-0.15, -0.1) is 0 Å². The molecule has 6 heteroatoms. The molecule has 1 heterocycles. The normalized spacial score (nSPS) is 10.5. The summed E-state index contributed by atoms with van der Waals surface area (Å²) in [7, 11) is 0. The molecule has 96 valence electrons. The number of hydrogen-bond donors (Lipinski definition) is 2. The van der Waals surface area contributed by atoms with E-state index in [2.05, 4.69) is 10.5 Å². The predicted molar refractivity (Wildman–Crippen MR) is 68.6 cm³/mol. The van der Waals surface area contributed by atoms with Crippen LogP contribution in [-0.4, -0.2) is 17.2 Å². The van der Waals surface area contributed by atoms with Crippen LogP contribution < -0.4 is 10.2 Å². The van der Waals surface area contributed by atoms with Crippen LogP contribution >= 0.6 is 0 Å². The van der Waals surface area contributed by atoms with Gasteiger partial charge in [-0.25, -0.2) is 5.43 Å². The van der Waals surface area contributed by atoms with Gasteiger partial charge in [0.25, 0.3) is 5.91 Å². The number of phenolic OH excluding ortho intramolecular Hbond substituents is 1. The fourth-order valence-corrected chi connectivity index (χ4v) is 1.38. The Morgan fingerprint density at radius 1 is 1.32 bits per heavy atom. The minimum absolute atomic E-state index is 0.158. The van der Waals surface area contributed by atoms with Gasteiger partial charge in [0.1, 0.15) is 11.3 Å². The number of rotatable bonds is 3. The van der Waals surface area contributed by atoms with E-state index in [1.54, 1.807) is 12.1 Å². The minimum atomic E-state index is -0.472. The molecule has 0 saturated heterocycles. The van der Waals surface area contributed by atoms with Crippen LogP contribution in [0.1, 0.15) is 15.9 Å². The summed E-state index contributed by atoms with van der Waals surface area (Å²) in [6.45, 7) is 0. The third-order valence-electron chi connectivity index (χ3n) is 2.31. The number of nitrogens with zero attached hydrogens (tertiary/aromatic N) is 2. The van der Waals surface area contributed by atoms with E-state index in [0.717, 1.165) is 11.8 Å². The number of aromatic nitrogens is 1. The molecule has 0 aliphatic carbocycles. The van der Waals surface area contributed by atoms with Gasteiger partial charge < -0.3 is 10.3 Å². The third kappa shape index (κ3) is 3.53. The Morgan fingerprint density at radius 2 is 2.05 bits per heavy atom. The highest BCUT2D eigenvalue weighted by Gasteiger charge is 2.06. The molecule has 2 aromatic rings. The monoisotopic (exact) mass is 257 g/mol. The van der Waals surface area contributed by atoms with E-state index in [-0.39, 0.29) is 11.3 Å². The van der Waals surface area contributed by atoms with Gasteiger partial charge in [0.15, 0.2) is 12.4 Å². The van der Waals surface area contributed by atoms with Gasteiger partial charge in [-0.1, -0.05) is 0 Å². The second kappa shape index (κ2) is 5.63. The lowest BCUT2D eigenvalue weighted by Crippen LogP contribution is -2.28. The summed E-state index contributed by atoms with van der Waals surface area (Å²) in [5.41, 5.74) is 3.25. The lowest BCUT2D eigenvalue weighted by molar-refractivity contribution is -0.605. The first-order valence-electron chi connectivity index (χ1n) is 5.46. The van der Waals surface area contributed by atoms with E-state index < -0.39 is 5.91 Å². The summed E-state index contributed by atoms with van der Waals surface area (Å²) >= 11 is 0. The van der Waals surface area contributed by atoms with Crippen LogP contribution in [0.3, 0.4) is 0 Å². The van der Waals surface area contributed by atoms with Crippen molar-refractivity contribution in [2.75, 3.05) is 0 Å². The average Bonchev–Trinajstić information content (AvgIpc) is 2.41. The molecule has 1 aromatic heterocycles. The quantitative estimate of drug-likeness (QED) is 0.369. The van der Waals surface area contributed by atoms with E-state index in [1.807, 2.05) is 0 Å². The van der Waals surface area contributed by atoms with E-state index in [9.17, 15) is 10.0 Å². The second-order valence-electron chi connectivity index (χ2n) is 3.74. The molecule has 1 aromatic carbocycles. The van der Waals surface area contributed by atoms with Crippen molar-refractivity contribution in [3.63, 3.8) is 0 Å². The van der Waals surface area contributed by atoms with Gasteiger partial charge in [0, 0.05) is 6.07 Å². The van der Waals surface area contributed by atoms with Gasteiger partial charge in [0.05, 0.1) is 6.21 Å². The molecule has 0 radical (unpaired) electrons. The van der Waals surface area contributed by atoms with Crippen molar-refractivity contribution in [1.29, 1.82) is 0 Å². The van der Waals surface area contributed by atoms with Crippen LogP contribution in [0, 0.1) is 5.21 Å². The van der Waals surface area contributed by atoms with E-state index in [1.165, 1.54) is 36.7 Å². The highest BCUT2D eigenvalue weighted by Crippen LogP contribution is 2.07. The van der Waals surface area contributed by atoms with Gasteiger partial charge in [-0.05, 0) is 35.9 Å². The van der Waals surface area contributed by atoms with Gasteiger partial charge in [-0.2, -0.15) is 9.83 Å². The van der Waals surface area contributed by atoms with Crippen LogP contribution in [0.15, 0.2) is 53.9 Å². The Bertz CT molecular complexity index is 609. The Labute approximate surface area is 109 Å². The molecular weight excluding hydrogens is 246 g/mol. The van der Waals surface area contributed by atoms with Crippen molar-refractivity contribution in [2.24, 2.45) is 5.10 Å². The molecule has 0 bridgehead atoms. The zero-order valence-electron chi connectivity index (χ0n) is 9.85. The molecule has 1 amide bonds. The van der Waals surface area contributed by atoms with Gasteiger partial charge >= 0.3 is 0 Å². The van der Waals surface area contributed by atoms with E-state index in [4.69, 9.17) is 5.11 Å². The number of hydrazone groups is 1. The second-order valence-corrected chi connectivity index (χ2v) is 3.74. The number of aromatic hydroxyl groups is 1. The van der Waals surface area contributed by atoms with Crippen molar-refractivity contribution in [2.45, 2.75) is 0 Å². The minimum Gasteiger partial charge on any atom is -0.619 e. The standard InChI is InChI=1S/C13H11N3O3/c17-12-5-3-10(4-6-12)8-14-15-13(18)11-2-1-7-16(19)9-11/h1-9,17H,(H,15,18). The molecular formula is C13H11N3O3. The fourth-order valence-electron chi connectivity index (χ4n) is 1.38. The summed E-state index contributed by atoms with van der Waals surface area (Å²) in [6, 6.07) is 9.32. The Balaban J connectivity index is 1.98. The summed E-state index contributed by atoms with van der Waals surface area (Å²) in [6.07, 6.45) is 3.88. The molecule has 0 unspecified atom stereocenters. The number of hydrogen-bond acceptors (Lipinski definition) is 4. The predicted octanol–water partition coefficient (Wildman–Crippen LogP) is 0.789. The van der Waals surface area contributed by atoms with Crippen LogP contribution in [0.25, 0.3) is 0 Å². The zero-order chi connectivity index (χ0) is 13.7. The topological polar surface area (TPSA) is 88.6 Å². The number of benzene rings is 1. The van der Waals surface area contributed by atoms with Crippen molar-refractivity contribution in [1.82, 2.24) is 5.43 Å². The van der Waals surface area contributed by atoms with Crippen molar-refractivity contribution in [3.05, 3.63) is 65.1 Å². The van der Waals surface area contributed by atoms with Gasteiger partial charge in [0.2, 0.25) is 0 Å². The maximum Gasteiger partial charge on any atom is 0.277 e. The molecule has 6 nitrogen and oxygen atoms in total. The Morgan fingerprint density at radius 3 is 2.74 bits per heavy atom. The maximum absolute atomic E-state index is 11.6. The molecule has 0 saturated carbocycles.